The van der Waals surface area contributed by atoms with Crippen LogP contribution in [0.15, 0.2) is 47.8 Å². The molecular weight excluding hydrogens is 394 g/mol. The van der Waals surface area contributed by atoms with Gasteiger partial charge in [-0.1, -0.05) is 29.8 Å². The standard InChI is InChI=1S/C21H14ClN3O2S/c1-26-20-11-14(2-7-19(20)27-9-8-23)10-16(12-24)21-25-18(13-28-21)15-3-5-17(22)6-4-15/h2-7,10-11,13H,9H2,1H3/b16-10+. The molecule has 0 spiro atoms. The average molecular weight is 408 g/mol. The van der Waals surface area contributed by atoms with Gasteiger partial charge in [0.2, 0.25) is 0 Å². The minimum absolute atomic E-state index is 0.0679. The van der Waals surface area contributed by atoms with Crippen molar-refractivity contribution in [3.8, 4) is 34.9 Å². The van der Waals surface area contributed by atoms with Crippen LogP contribution in [-0.2, 0) is 0 Å². The third-order valence-electron chi connectivity index (χ3n) is 3.79. The molecule has 0 atom stereocenters. The van der Waals surface area contributed by atoms with Gasteiger partial charge in [-0.05, 0) is 35.9 Å². The molecule has 138 valence electrons. The summed E-state index contributed by atoms with van der Waals surface area (Å²) in [5.41, 5.74) is 2.93. The summed E-state index contributed by atoms with van der Waals surface area (Å²) in [7, 11) is 1.52. The predicted molar refractivity (Wildman–Crippen MR) is 110 cm³/mol. The van der Waals surface area contributed by atoms with Crippen molar-refractivity contribution in [1.29, 1.82) is 10.5 Å². The minimum atomic E-state index is -0.0679. The lowest BCUT2D eigenvalue weighted by Crippen LogP contribution is -1.96. The zero-order valence-corrected chi connectivity index (χ0v) is 16.4. The molecule has 0 aliphatic rings. The van der Waals surface area contributed by atoms with Crippen LogP contribution in [0.1, 0.15) is 10.6 Å². The second-order valence-electron chi connectivity index (χ2n) is 5.57. The predicted octanol–water partition coefficient (Wildman–Crippen LogP) is 5.44. The molecule has 2 aromatic carbocycles. The molecule has 7 heteroatoms. The van der Waals surface area contributed by atoms with Crippen molar-refractivity contribution in [3.05, 3.63) is 63.4 Å². The third-order valence-corrected chi connectivity index (χ3v) is 4.91. The Hall–Kier alpha value is -3.32. The number of nitriles is 2. The first-order valence-corrected chi connectivity index (χ1v) is 9.42. The van der Waals surface area contributed by atoms with Crippen LogP contribution < -0.4 is 9.47 Å². The number of hydrogen-bond acceptors (Lipinski definition) is 6. The fourth-order valence-corrected chi connectivity index (χ4v) is 3.38. The van der Waals surface area contributed by atoms with E-state index in [-0.39, 0.29) is 6.61 Å². The Labute approximate surface area is 171 Å². The summed E-state index contributed by atoms with van der Waals surface area (Å²) in [4.78, 5) is 4.57. The number of methoxy groups -OCH3 is 1. The molecule has 0 aliphatic heterocycles. The van der Waals surface area contributed by atoms with Crippen LogP contribution in [0, 0.1) is 22.7 Å². The summed E-state index contributed by atoms with van der Waals surface area (Å²) >= 11 is 7.32. The van der Waals surface area contributed by atoms with E-state index >= 15 is 0 Å². The molecule has 0 N–H and O–H groups in total. The highest BCUT2D eigenvalue weighted by Crippen LogP contribution is 2.31. The Morgan fingerprint density at radius 2 is 1.96 bits per heavy atom. The van der Waals surface area contributed by atoms with Gasteiger partial charge in [0.1, 0.15) is 17.1 Å². The number of rotatable bonds is 6. The smallest absolute Gasteiger partial charge is 0.174 e. The van der Waals surface area contributed by atoms with E-state index in [2.05, 4.69) is 11.1 Å². The zero-order valence-electron chi connectivity index (χ0n) is 14.8. The lowest BCUT2D eigenvalue weighted by atomic mass is 10.1. The summed E-state index contributed by atoms with van der Waals surface area (Å²) < 4.78 is 10.6. The maximum absolute atomic E-state index is 9.59. The monoisotopic (exact) mass is 407 g/mol. The van der Waals surface area contributed by atoms with Gasteiger partial charge in [0.25, 0.3) is 0 Å². The number of nitrogens with zero attached hydrogens (tertiary/aromatic N) is 3. The highest BCUT2D eigenvalue weighted by Gasteiger charge is 2.11. The van der Waals surface area contributed by atoms with Crippen LogP contribution >= 0.6 is 22.9 Å². The zero-order chi connectivity index (χ0) is 19.9. The normalized spacial score (nSPS) is 10.8. The van der Waals surface area contributed by atoms with Crippen molar-refractivity contribution in [2.45, 2.75) is 0 Å². The van der Waals surface area contributed by atoms with Gasteiger partial charge in [-0.2, -0.15) is 10.5 Å². The van der Waals surface area contributed by atoms with Crippen LogP contribution in [-0.4, -0.2) is 18.7 Å². The second kappa shape index (κ2) is 9.05. The second-order valence-corrected chi connectivity index (χ2v) is 6.87. The Kier molecular flexibility index (Phi) is 6.29. The lowest BCUT2D eigenvalue weighted by Gasteiger charge is -2.09. The van der Waals surface area contributed by atoms with Crippen molar-refractivity contribution in [3.63, 3.8) is 0 Å². The Morgan fingerprint density at radius 3 is 2.64 bits per heavy atom. The fourth-order valence-electron chi connectivity index (χ4n) is 2.46. The molecule has 0 fully saturated rings. The van der Waals surface area contributed by atoms with Crippen molar-refractivity contribution in [1.82, 2.24) is 4.98 Å². The highest BCUT2D eigenvalue weighted by atomic mass is 35.5. The van der Waals surface area contributed by atoms with Crippen LogP contribution in [0.5, 0.6) is 11.5 Å². The summed E-state index contributed by atoms with van der Waals surface area (Å²) in [6.07, 6.45) is 1.74. The molecule has 0 saturated heterocycles. The van der Waals surface area contributed by atoms with E-state index in [0.717, 1.165) is 16.8 Å². The maximum atomic E-state index is 9.59. The van der Waals surface area contributed by atoms with Gasteiger partial charge < -0.3 is 9.47 Å². The molecule has 28 heavy (non-hydrogen) atoms. The topological polar surface area (TPSA) is 78.9 Å². The van der Waals surface area contributed by atoms with Crippen LogP contribution in [0.4, 0.5) is 0 Å². The molecular formula is C21H14ClN3O2S. The molecule has 1 aromatic heterocycles. The quantitative estimate of drug-likeness (QED) is 0.508. The van der Waals surface area contributed by atoms with Gasteiger partial charge in [0, 0.05) is 16.0 Å². The molecule has 0 radical (unpaired) electrons. The Balaban J connectivity index is 1.89. The Bertz CT molecular complexity index is 1090. The van der Waals surface area contributed by atoms with Crippen LogP contribution in [0.2, 0.25) is 5.02 Å². The molecule has 3 rings (SSSR count). The number of hydrogen-bond donors (Lipinski definition) is 0. The first kappa shape index (κ1) is 19.4. The summed E-state index contributed by atoms with van der Waals surface area (Å²) in [5, 5.41) is 21.4. The molecule has 0 unspecified atom stereocenters. The molecule has 5 nitrogen and oxygen atoms in total. The van der Waals surface area contributed by atoms with Gasteiger partial charge in [-0.15, -0.1) is 11.3 Å². The molecule has 0 aliphatic carbocycles. The first-order chi connectivity index (χ1) is 13.6. The van der Waals surface area contributed by atoms with E-state index in [0.29, 0.717) is 27.1 Å². The number of allylic oxidation sites excluding steroid dienone is 1. The third kappa shape index (κ3) is 4.50. The van der Waals surface area contributed by atoms with E-state index in [1.54, 1.807) is 36.4 Å². The molecule has 1 heterocycles. The first-order valence-electron chi connectivity index (χ1n) is 8.16. The fraction of sp³-hybridized carbons (Fsp3) is 0.0952. The van der Waals surface area contributed by atoms with Gasteiger partial charge in [0.15, 0.2) is 18.1 Å². The summed E-state index contributed by atoms with van der Waals surface area (Å²) in [6.45, 7) is -0.0679. The van der Waals surface area contributed by atoms with Crippen molar-refractivity contribution in [2.24, 2.45) is 0 Å². The van der Waals surface area contributed by atoms with E-state index in [4.69, 9.17) is 26.3 Å². The number of halogens is 1. The SMILES string of the molecule is COc1cc(/C=C(\C#N)c2nc(-c3ccc(Cl)cc3)cs2)ccc1OCC#N. The molecule has 0 amide bonds. The van der Waals surface area contributed by atoms with E-state index in [1.807, 2.05) is 23.6 Å². The highest BCUT2D eigenvalue weighted by molar-refractivity contribution is 7.11. The lowest BCUT2D eigenvalue weighted by molar-refractivity contribution is 0.329. The van der Waals surface area contributed by atoms with Crippen molar-refractivity contribution in [2.75, 3.05) is 13.7 Å². The van der Waals surface area contributed by atoms with Gasteiger partial charge >= 0.3 is 0 Å². The van der Waals surface area contributed by atoms with E-state index in [9.17, 15) is 5.26 Å². The average Bonchev–Trinajstić information content (AvgIpc) is 3.21. The minimum Gasteiger partial charge on any atom is -0.493 e. The van der Waals surface area contributed by atoms with E-state index < -0.39 is 0 Å². The van der Waals surface area contributed by atoms with Crippen LogP contribution in [0.3, 0.4) is 0 Å². The van der Waals surface area contributed by atoms with Gasteiger partial charge in [-0.25, -0.2) is 4.98 Å². The number of benzene rings is 2. The largest absolute Gasteiger partial charge is 0.493 e. The van der Waals surface area contributed by atoms with Gasteiger partial charge in [0.05, 0.1) is 18.4 Å². The summed E-state index contributed by atoms with van der Waals surface area (Å²) in [5.74, 6) is 0.960. The van der Waals surface area contributed by atoms with E-state index in [1.165, 1.54) is 18.4 Å². The van der Waals surface area contributed by atoms with Crippen molar-refractivity contribution >= 4 is 34.6 Å². The van der Waals surface area contributed by atoms with Crippen LogP contribution in [0.25, 0.3) is 22.9 Å². The number of thiazole rings is 1. The van der Waals surface area contributed by atoms with Gasteiger partial charge in [-0.3, -0.25) is 0 Å². The number of aromatic nitrogens is 1. The molecule has 0 saturated carbocycles. The number of ether oxygens (including phenoxy) is 2. The Morgan fingerprint density at radius 1 is 1.18 bits per heavy atom. The summed E-state index contributed by atoms with van der Waals surface area (Å²) in [6, 6.07) is 16.8. The maximum Gasteiger partial charge on any atom is 0.174 e. The van der Waals surface area contributed by atoms with Crippen molar-refractivity contribution < 1.29 is 9.47 Å². The molecule has 3 aromatic rings. The molecule has 0 bridgehead atoms.